The molecule has 20 heavy (non-hydrogen) atoms. The molecule has 0 aliphatic carbocycles. The number of hydrogen-bond donors (Lipinski definition) is 1. The molecule has 2 heterocycles. The number of nitrogens with one attached hydrogen (secondary N) is 1. The first-order valence-electron chi connectivity index (χ1n) is 6.29. The molecule has 1 N–H and O–H groups in total. The van der Waals surface area contributed by atoms with Crippen molar-refractivity contribution in [2.75, 3.05) is 11.6 Å². The Bertz CT molecular complexity index is 701. The second kappa shape index (κ2) is 5.09. The van der Waals surface area contributed by atoms with Gasteiger partial charge in [-0.05, 0) is 32.1 Å². The van der Waals surface area contributed by atoms with Crippen molar-refractivity contribution in [1.29, 1.82) is 0 Å². The van der Waals surface area contributed by atoms with Crippen molar-refractivity contribution in [2.45, 2.75) is 13.8 Å². The van der Waals surface area contributed by atoms with E-state index < -0.39 is 0 Å². The summed E-state index contributed by atoms with van der Waals surface area (Å²) in [7, 11) is 0. The van der Waals surface area contributed by atoms with Crippen LogP contribution in [0.25, 0.3) is 11.4 Å². The lowest BCUT2D eigenvalue weighted by Crippen LogP contribution is -2.26. The minimum Gasteiger partial charge on any atom is -0.293 e. The molecule has 0 spiro atoms. The molecule has 6 heteroatoms. The lowest BCUT2D eigenvalue weighted by molar-refractivity contribution is 0.863. The van der Waals surface area contributed by atoms with Gasteiger partial charge in [0.15, 0.2) is 5.82 Å². The first-order chi connectivity index (χ1) is 9.65. The van der Waals surface area contributed by atoms with Crippen molar-refractivity contribution in [1.82, 2.24) is 15.2 Å². The highest BCUT2D eigenvalue weighted by Crippen LogP contribution is 2.26. The zero-order chi connectivity index (χ0) is 14.1. The Morgan fingerprint density at radius 1 is 1.25 bits per heavy atom. The third kappa shape index (κ3) is 2.32. The summed E-state index contributed by atoms with van der Waals surface area (Å²) in [6.07, 6.45) is 2.01. The van der Waals surface area contributed by atoms with Crippen LogP contribution in [0.1, 0.15) is 13.8 Å². The van der Waals surface area contributed by atoms with E-state index in [1.807, 2.05) is 49.1 Å². The highest BCUT2D eigenvalue weighted by Gasteiger charge is 2.17. The van der Waals surface area contributed by atoms with E-state index in [9.17, 15) is 0 Å². The van der Waals surface area contributed by atoms with Crippen LogP contribution in [0.3, 0.4) is 0 Å². The van der Waals surface area contributed by atoms with Gasteiger partial charge in [0.2, 0.25) is 0 Å². The second-order valence-electron chi connectivity index (χ2n) is 4.62. The van der Waals surface area contributed by atoms with Crippen LogP contribution >= 0.6 is 11.6 Å². The molecule has 102 valence electrons. The molecule has 0 atom stereocenters. The van der Waals surface area contributed by atoms with Crippen LogP contribution in [0, 0.1) is 0 Å². The molecule has 5 nitrogen and oxygen atoms in total. The van der Waals surface area contributed by atoms with Gasteiger partial charge in [0.05, 0.1) is 5.02 Å². The number of nitrogens with zero attached hydrogens (tertiary/aromatic N) is 4. The summed E-state index contributed by atoms with van der Waals surface area (Å²) in [5.41, 5.74) is 2.93. The average molecular weight is 288 g/mol. The number of H-pyrrole nitrogens is 1. The Morgan fingerprint density at radius 3 is 2.80 bits per heavy atom. The smallest absolute Gasteiger partial charge is 0.250 e. The van der Waals surface area contributed by atoms with Crippen LogP contribution in [0.5, 0.6) is 0 Å². The fourth-order valence-corrected chi connectivity index (χ4v) is 2.31. The van der Waals surface area contributed by atoms with Gasteiger partial charge in [0.25, 0.3) is 5.95 Å². The number of hydrogen-bond acceptors (Lipinski definition) is 4. The molecule has 1 aromatic carbocycles. The zero-order valence-corrected chi connectivity index (χ0v) is 12.0. The second-order valence-corrected chi connectivity index (χ2v) is 5.03. The van der Waals surface area contributed by atoms with Crippen LogP contribution in [0.15, 0.2) is 41.0 Å². The molecular weight excluding hydrogens is 274 g/mol. The molecule has 2 aromatic rings. The maximum atomic E-state index is 6.17. The van der Waals surface area contributed by atoms with E-state index in [-0.39, 0.29) is 0 Å². The van der Waals surface area contributed by atoms with Gasteiger partial charge >= 0.3 is 0 Å². The Kier molecular flexibility index (Phi) is 3.28. The van der Waals surface area contributed by atoms with Crippen molar-refractivity contribution >= 4 is 23.3 Å². The van der Waals surface area contributed by atoms with E-state index in [0.717, 1.165) is 17.0 Å². The minimum atomic E-state index is 0.536. The fraction of sp³-hybridized carbons (Fsp3) is 0.214. The van der Waals surface area contributed by atoms with Crippen molar-refractivity contribution in [3.63, 3.8) is 0 Å². The van der Waals surface area contributed by atoms with Crippen molar-refractivity contribution in [3.05, 3.63) is 41.1 Å². The molecule has 0 bridgehead atoms. The number of aliphatic imine (C=N–C) groups is 1. The van der Waals surface area contributed by atoms with Gasteiger partial charge in [0.1, 0.15) is 6.67 Å². The quantitative estimate of drug-likeness (QED) is 0.922. The molecular formula is C14H14ClN5. The predicted molar refractivity (Wildman–Crippen MR) is 81.0 cm³/mol. The molecule has 1 aromatic heterocycles. The maximum absolute atomic E-state index is 6.17. The largest absolute Gasteiger partial charge is 0.293 e. The summed E-state index contributed by atoms with van der Waals surface area (Å²) in [5, 5.41) is 7.83. The molecule has 0 radical (unpaired) electrons. The Balaban J connectivity index is 1.92. The first-order valence-corrected chi connectivity index (χ1v) is 6.67. The summed E-state index contributed by atoms with van der Waals surface area (Å²) in [6.45, 7) is 4.53. The lowest BCUT2D eigenvalue weighted by atomic mass is 10.2. The highest BCUT2D eigenvalue weighted by molar-refractivity contribution is 6.33. The van der Waals surface area contributed by atoms with Crippen LogP contribution in [-0.2, 0) is 0 Å². The SMILES string of the molecule is CC1=CC(C)=NCN1c1n[nH]c(-c2ccccc2Cl)n1. The number of aromatic amines is 1. The lowest BCUT2D eigenvalue weighted by Gasteiger charge is -2.22. The van der Waals surface area contributed by atoms with E-state index in [1.54, 1.807) is 0 Å². The van der Waals surface area contributed by atoms with Crippen LogP contribution in [0.2, 0.25) is 5.02 Å². The molecule has 3 rings (SSSR count). The van der Waals surface area contributed by atoms with Gasteiger partial charge in [-0.25, -0.2) is 0 Å². The maximum Gasteiger partial charge on any atom is 0.250 e. The zero-order valence-electron chi connectivity index (χ0n) is 11.3. The van der Waals surface area contributed by atoms with Crippen molar-refractivity contribution in [3.8, 4) is 11.4 Å². The first kappa shape index (κ1) is 12.9. The summed E-state index contributed by atoms with van der Waals surface area (Å²) in [6, 6.07) is 7.55. The van der Waals surface area contributed by atoms with Gasteiger partial charge in [-0.3, -0.25) is 15.0 Å². The molecule has 1 aliphatic rings. The van der Waals surface area contributed by atoms with E-state index in [4.69, 9.17) is 11.6 Å². The van der Waals surface area contributed by atoms with Gasteiger partial charge in [-0.2, -0.15) is 4.98 Å². The van der Waals surface area contributed by atoms with E-state index in [0.29, 0.717) is 23.5 Å². The average Bonchev–Trinajstić information content (AvgIpc) is 2.88. The van der Waals surface area contributed by atoms with Crippen molar-refractivity contribution in [2.24, 2.45) is 4.99 Å². The number of allylic oxidation sites excluding steroid dienone is 2. The summed E-state index contributed by atoms with van der Waals surface area (Å²) < 4.78 is 0. The monoisotopic (exact) mass is 287 g/mol. The van der Waals surface area contributed by atoms with Crippen LogP contribution in [0.4, 0.5) is 5.95 Å². The van der Waals surface area contributed by atoms with Crippen LogP contribution < -0.4 is 4.90 Å². The normalized spacial score (nSPS) is 15.1. The molecule has 0 amide bonds. The Labute approximate surface area is 122 Å². The standard InChI is InChI=1S/C14H14ClN5/c1-9-7-10(2)20(8-16-9)14-17-13(18-19-14)11-5-3-4-6-12(11)15/h3-7H,8H2,1-2H3,(H,17,18,19). The number of halogens is 1. The van der Waals surface area contributed by atoms with Gasteiger partial charge in [-0.1, -0.05) is 23.7 Å². The Morgan fingerprint density at radius 2 is 2.05 bits per heavy atom. The molecule has 0 unspecified atom stereocenters. The van der Waals surface area contributed by atoms with Gasteiger partial charge < -0.3 is 0 Å². The third-order valence-electron chi connectivity index (χ3n) is 3.15. The van der Waals surface area contributed by atoms with E-state index in [2.05, 4.69) is 20.2 Å². The van der Waals surface area contributed by atoms with Crippen molar-refractivity contribution < 1.29 is 0 Å². The van der Waals surface area contributed by atoms with Gasteiger partial charge in [-0.15, -0.1) is 5.10 Å². The number of benzene rings is 1. The molecule has 1 aliphatic heterocycles. The van der Waals surface area contributed by atoms with Gasteiger partial charge in [0, 0.05) is 17.0 Å². The number of rotatable bonds is 2. The summed E-state index contributed by atoms with van der Waals surface area (Å²) in [5.74, 6) is 1.26. The number of aromatic nitrogens is 3. The topological polar surface area (TPSA) is 57.2 Å². The molecule has 0 saturated heterocycles. The van der Waals surface area contributed by atoms with Crippen LogP contribution in [-0.4, -0.2) is 27.6 Å². The fourth-order valence-electron chi connectivity index (χ4n) is 2.09. The predicted octanol–water partition coefficient (Wildman–Crippen LogP) is 3.27. The summed E-state index contributed by atoms with van der Waals surface area (Å²) in [4.78, 5) is 10.8. The minimum absolute atomic E-state index is 0.536. The van der Waals surface area contributed by atoms with E-state index in [1.165, 1.54) is 0 Å². The Hall–Kier alpha value is -2.14. The third-order valence-corrected chi connectivity index (χ3v) is 3.48. The highest BCUT2D eigenvalue weighted by atomic mass is 35.5. The molecule has 0 fully saturated rings. The summed E-state index contributed by atoms with van der Waals surface area (Å²) >= 11 is 6.17. The van der Waals surface area contributed by atoms with E-state index >= 15 is 0 Å². The molecule has 0 saturated carbocycles. The number of anilines is 1.